The predicted octanol–water partition coefficient (Wildman–Crippen LogP) is 3.92. The second-order valence-corrected chi connectivity index (χ2v) is 5.88. The van der Waals surface area contributed by atoms with E-state index in [4.69, 9.17) is 0 Å². The molecule has 15 heavy (non-hydrogen) atoms. The van der Waals surface area contributed by atoms with Gasteiger partial charge in [0.2, 0.25) is 0 Å². The molecule has 0 spiro atoms. The first-order chi connectivity index (χ1) is 7.18. The van der Waals surface area contributed by atoms with Gasteiger partial charge in [-0.1, -0.05) is 19.8 Å². The number of aliphatic hydroxyl groups excluding tert-OH is 1. The number of aliphatic hydroxyl groups is 1. The second-order valence-electron chi connectivity index (χ2n) is 4.93. The zero-order valence-electron chi connectivity index (χ0n) is 9.57. The van der Waals surface area contributed by atoms with Crippen LogP contribution in [0, 0.1) is 18.8 Å². The van der Waals surface area contributed by atoms with Gasteiger partial charge in [-0.15, -0.1) is 11.3 Å². The molecule has 0 aromatic carbocycles. The molecule has 2 rings (SSSR count). The van der Waals surface area contributed by atoms with Crippen LogP contribution in [0.15, 0.2) is 11.4 Å². The molecule has 1 heterocycles. The average Bonchev–Trinajstić information content (AvgIpc) is 2.65. The first-order valence-electron chi connectivity index (χ1n) is 5.90. The van der Waals surface area contributed by atoms with Crippen LogP contribution in [-0.4, -0.2) is 5.11 Å². The number of hydrogen-bond donors (Lipinski definition) is 1. The van der Waals surface area contributed by atoms with Crippen LogP contribution in [0.25, 0.3) is 0 Å². The van der Waals surface area contributed by atoms with Crippen molar-refractivity contribution in [3.05, 3.63) is 21.9 Å². The summed E-state index contributed by atoms with van der Waals surface area (Å²) in [4.78, 5) is 1.19. The van der Waals surface area contributed by atoms with Crippen molar-refractivity contribution in [2.45, 2.75) is 45.6 Å². The van der Waals surface area contributed by atoms with E-state index in [1.54, 1.807) is 11.3 Å². The van der Waals surface area contributed by atoms with Crippen molar-refractivity contribution in [3.63, 3.8) is 0 Å². The Morgan fingerprint density at radius 3 is 2.53 bits per heavy atom. The maximum Gasteiger partial charge on any atom is 0.0912 e. The highest BCUT2D eigenvalue weighted by molar-refractivity contribution is 7.10. The van der Waals surface area contributed by atoms with E-state index >= 15 is 0 Å². The van der Waals surface area contributed by atoms with Crippen LogP contribution in [0.1, 0.15) is 49.2 Å². The predicted molar refractivity (Wildman–Crippen MR) is 65.1 cm³/mol. The summed E-state index contributed by atoms with van der Waals surface area (Å²) in [7, 11) is 0. The number of aryl methyl sites for hydroxylation is 1. The summed E-state index contributed by atoms with van der Waals surface area (Å²) in [6.07, 6.45) is 4.75. The maximum absolute atomic E-state index is 10.3. The zero-order chi connectivity index (χ0) is 10.8. The molecule has 1 aliphatic rings. The summed E-state index contributed by atoms with van der Waals surface area (Å²) in [6.45, 7) is 4.42. The van der Waals surface area contributed by atoms with Crippen molar-refractivity contribution < 1.29 is 5.11 Å². The molecule has 1 aliphatic carbocycles. The minimum absolute atomic E-state index is 0.211. The summed E-state index contributed by atoms with van der Waals surface area (Å²) < 4.78 is 0. The summed E-state index contributed by atoms with van der Waals surface area (Å²) in [5.41, 5.74) is 1.26. The van der Waals surface area contributed by atoms with E-state index in [2.05, 4.69) is 25.3 Å². The minimum Gasteiger partial charge on any atom is -0.387 e. The fourth-order valence-corrected chi connectivity index (χ4v) is 3.51. The lowest BCUT2D eigenvalue weighted by atomic mass is 9.79. The minimum atomic E-state index is -0.211. The SMILES string of the molecule is Cc1ccsc1C(O)C1CCC(C)CC1. The summed E-state index contributed by atoms with van der Waals surface area (Å²) >= 11 is 1.70. The van der Waals surface area contributed by atoms with Crippen molar-refractivity contribution in [1.82, 2.24) is 0 Å². The van der Waals surface area contributed by atoms with E-state index < -0.39 is 0 Å². The molecular weight excluding hydrogens is 204 g/mol. The van der Waals surface area contributed by atoms with Gasteiger partial charge in [0.1, 0.15) is 0 Å². The van der Waals surface area contributed by atoms with Gasteiger partial charge < -0.3 is 5.11 Å². The largest absolute Gasteiger partial charge is 0.387 e. The Morgan fingerprint density at radius 2 is 2.00 bits per heavy atom. The first-order valence-corrected chi connectivity index (χ1v) is 6.78. The van der Waals surface area contributed by atoms with Gasteiger partial charge in [0, 0.05) is 4.88 Å². The van der Waals surface area contributed by atoms with Gasteiger partial charge in [-0.3, -0.25) is 0 Å². The van der Waals surface area contributed by atoms with E-state index in [1.807, 2.05) is 0 Å². The number of rotatable bonds is 2. The van der Waals surface area contributed by atoms with Crippen LogP contribution in [0.4, 0.5) is 0 Å². The van der Waals surface area contributed by atoms with Crippen molar-refractivity contribution in [2.24, 2.45) is 11.8 Å². The Hall–Kier alpha value is -0.340. The van der Waals surface area contributed by atoms with Gasteiger partial charge in [0.15, 0.2) is 0 Å². The Balaban J connectivity index is 2.02. The highest BCUT2D eigenvalue weighted by Gasteiger charge is 2.27. The van der Waals surface area contributed by atoms with E-state index in [1.165, 1.54) is 36.1 Å². The Kier molecular flexibility index (Phi) is 3.47. The average molecular weight is 224 g/mol. The van der Waals surface area contributed by atoms with Crippen molar-refractivity contribution in [2.75, 3.05) is 0 Å². The lowest BCUT2D eigenvalue weighted by Gasteiger charge is -2.29. The normalized spacial score (nSPS) is 29.0. The Labute approximate surface area is 96.1 Å². The Bertz CT molecular complexity index is 310. The van der Waals surface area contributed by atoms with Gasteiger partial charge in [-0.25, -0.2) is 0 Å². The van der Waals surface area contributed by atoms with Gasteiger partial charge in [-0.2, -0.15) is 0 Å². The molecule has 0 bridgehead atoms. The van der Waals surface area contributed by atoms with Crippen molar-refractivity contribution in [3.8, 4) is 0 Å². The van der Waals surface area contributed by atoms with E-state index in [0.717, 1.165) is 5.92 Å². The van der Waals surface area contributed by atoms with Crippen molar-refractivity contribution in [1.29, 1.82) is 0 Å². The maximum atomic E-state index is 10.3. The third-order valence-corrected chi connectivity index (χ3v) is 4.77. The third kappa shape index (κ3) is 2.43. The van der Waals surface area contributed by atoms with E-state index in [-0.39, 0.29) is 6.10 Å². The lowest BCUT2D eigenvalue weighted by molar-refractivity contribution is 0.0780. The highest BCUT2D eigenvalue weighted by Crippen LogP contribution is 2.39. The molecule has 0 saturated heterocycles. The molecule has 1 unspecified atom stereocenters. The molecule has 1 fully saturated rings. The molecule has 2 heteroatoms. The fourth-order valence-electron chi connectivity index (χ4n) is 2.50. The molecule has 1 saturated carbocycles. The summed E-state index contributed by atoms with van der Waals surface area (Å²) in [6, 6.07) is 2.11. The first kappa shape index (κ1) is 11.2. The Morgan fingerprint density at radius 1 is 1.33 bits per heavy atom. The molecule has 1 atom stereocenters. The lowest BCUT2D eigenvalue weighted by Crippen LogP contribution is -2.19. The van der Waals surface area contributed by atoms with Gasteiger partial charge in [-0.05, 0) is 48.6 Å². The van der Waals surface area contributed by atoms with Crippen molar-refractivity contribution >= 4 is 11.3 Å². The number of hydrogen-bond acceptors (Lipinski definition) is 2. The van der Waals surface area contributed by atoms with E-state index in [9.17, 15) is 5.11 Å². The summed E-state index contributed by atoms with van der Waals surface area (Å²) in [5.74, 6) is 1.36. The smallest absolute Gasteiger partial charge is 0.0912 e. The van der Waals surface area contributed by atoms with Crippen LogP contribution < -0.4 is 0 Å². The quantitative estimate of drug-likeness (QED) is 0.807. The molecule has 1 aromatic heterocycles. The molecule has 1 nitrogen and oxygen atoms in total. The zero-order valence-corrected chi connectivity index (χ0v) is 10.4. The molecule has 84 valence electrons. The van der Waals surface area contributed by atoms with Gasteiger partial charge >= 0.3 is 0 Å². The monoisotopic (exact) mass is 224 g/mol. The van der Waals surface area contributed by atoms with Gasteiger partial charge in [0.25, 0.3) is 0 Å². The molecular formula is C13H20OS. The molecule has 0 radical (unpaired) electrons. The molecule has 0 amide bonds. The molecule has 0 aliphatic heterocycles. The highest BCUT2D eigenvalue weighted by atomic mass is 32.1. The standard InChI is InChI=1S/C13H20OS/c1-9-3-5-11(6-4-9)12(14)13-10(2)7-8-15-13/h7-9,11-12,14H,3-6H2,1-2H3. The van der Waals surface area contributed by atoms with Crippen LogP contribution in [-0.2, 0) is 0 Å². The fraction of sp³-hybridized carbons (Fsp3) is 0.692. The summed E-state index contributed by atoms with van der Waals surface area (Å²) in [5, 5.41) is 12.4. The third-order valence-electron chi connectivity index (χ3n) is 3.68. The van der Waals surface area contributed by atoms with Crippen LogP contribution in [0.2, 0.25) is 0 Å². The van der Waals surface area contributed by atoms with Crippen LogP contribution in [0.5, 0.6) is 0 Å². The van der Waals surface area contributed by atoms with E-state index in [0.29, 0.717) is 5.92 Å². The molecule has 1 aromatic rings. The second kappa shape index (κ2) is 4.67. The van der Waals surface area contributed by atoms with Crippen LogP contribution >= 0.6 is 11.3 Å². The van der Waals surface area contributed by atoms with Crippen LogP contribution in [0.3, 0.4) is 0 Å². The van der Waals surface area contributed by atoms with Gasteiger partial charge in [0.05, 0.1) is 6.10 Å². The molecule has 1 N–H and O–H groups in total. The topological polar surface area (TPSA) is 20.2 Å². The number of thiophene rings is 1.